The Morgan fingerprint density at radius 2 is 2.30 bits per heavy atom. The number of methoxy groups -OCH3 is 1. The predicted molar refractivity (Wildman–Crippen MR) is 72.2 cm³/mol. The number of carbonyl (C=O) groups is 1. The van der Waals surface area contributed by atoms with E-state index >= 15 is 0 Å². The number of piperidine rings is 1. The first kappa shape index (κ1) is 14.1. The first-order valence-electron chi connectivity index (χ1n) is 6.33. The number of aliphatic carboxylic acids is 1. The summed E-state index contributed by atoms with van der Waals surface area (Å²) in [4.78, 5) is 23.3. The molecule has 1 N–H and O–H groups in total. The van der Waals surface area contributed by atoms with Crippen LogP contribution in [-0.2, 0) is 4.79 Å². The normalized spacial score (nSPS) is 18.6. The van der Waals surface area contributed by atoms with Crippen LogP contribution in [-0.4, -0.2) is 36.2 Å². The molecular formula is C13H16N2O5. The lowest BCUT2D eigenvalue weighted by molar-refractivity contribution is -0.385. The molecule has 1 aliphatic rings. The molecule has 1 aliphatic heterocycles. The molecule has 1 fully saturated rings. The highest BCUT2D eigenvalue weighted by Gasteiger charge is 2.26. The molecule has 1 aromatic rings. The van der Waals surface area contributed by atoms with Gasteiger partial charge in [-0.3, -0.25) is 14.9 Å². The molecule has 7 heteroatoms. The number of carboxylic acid groups (broad SMARTS) is 1. The van der Waals surface area contributed by atoms with Gasteiger partial charge in [0.1, 0.15) is 0 Å². The van der Waals surface area contributed by atoms with Gasteiger partial charge in [0.2, 0.25) is 0 Å². The zero-order chi connectivity index (χ0) is 14.7. The Balaban J connectivity index is 2.24. The Bertz CT molecular complexity index is 531. The summed E-state index contributed by atoms with van der Waals surface area (Å²) in [6.45, 7) is 1.15. The summed E-state index contributed by atoms with van der Waals surface area (Å²) in [6.07, 6.45) is 1.45. The van der Waals surface area contributed by atoms with E-state index in [0.717, 1.165) is 18.7 Å². The fourth-order valence-corrected chi connectivity index (χ4v) is 2.43. The van der Waals surface area contributed by atoms with Crippen molar-refractivity contribution in [2.45, 2.75) is 12.8 Å². The molecular weight excluding hydrogens is 264 g/mol. The average Bonchev–Trinajstić information content (AvgIpc) is 2.46. The average molecular weight is 280 g/mol. The van der Waals surface area contributed by atoms with E-state index in [-0.39, 0.29) is 11.4 Å². The number of benzene rings is 1. The third kappa shape index (κ3) is 2.81. The number of rotatable bonds is 4. The number of nitro groups is 1. The first-order valence-corrected chi connectivity index (χ1v) is 6.33. The van der Waals surface area contributed by atoms with Crippen molar-refractivity contribution in [3.05, 3.63) is 28.3 Å². The molecule has 0 spiro atoms. The lowest BCUT2D eigenvalue weighted by Crippen LogP contribution is -2.38. The molecule has 0 saturated carbocycles. The van der Waals surface area contributed by atoms with Crippen molar-refractivity contribution in [3.63, 3.8) is 0 Å². The Labute approximate surface area is 115 Å². The van der Waals surface area contributed by atoms with Crippen molar-refractivity contribution in [2.24, 2.45) is 5.92 Å². The van der Waals surface area contributed by atoms with Crippen molar-refractivity contribution >= 4 is 17.3 Å². The smallest absolute Gasteiger partial charge is 0.311 e. The van der Waals surface area contributed by atoms with Gasteiger partial charge in [0.15, 0.2) is 5.75 Å². The quantitative estimate of drug-likeness (QED) is 0.669. The van der Waals surface area contributed by atoms with Gasteiger partial charge in [-0.05, 0) is 18.9 Å². The highest BCUT2D eigenvalue weighted by Crippen LogP contribution is 2.33. The zero-order valence-corrected chi connectivity index (χ0v) is 11.1. The lowest BCUT2D eigenvalue weighted by atomic mass is 9.98. The van der Waals surface area contributed by atoms with Crippen molar-refractivity contribution in [1.82, 2.24) is 0 Å². The minimum Gasteiger partial charge on any atom is -0.490 e. The predicted octanol–water partition coefficient (Wildman–Crippen LogP) is 1.90. The molecule has 1 saturated heterocycles. The molecule has 1 atom stereocenters. The van der Waals surface area contributed by atoms with Crippen LogP contribution in [0.25, 0.3) is 0 Å². The molecule has 0 bridgehead atoms. The molecule has 0 aromatic heterocycles. The second kappa shape index (κ2) is 5.77. The van der Waals surface area contributed by atoms with Gasteiger partial charge >= 0.3 is 11.7 Å². The fourth-order valence-electron chi connectivity index (χ4n) is 2.43. The van der Waals surface area contributed by atoms with Crippen molar-refractivity contribution in [2.75, 3.05) is 25.1 Å². The Hall–Kier alpha value is -2.31. The third-order valence-corrected chi connectivity index (χ3v) is 3.50. The Morgan fingerprint density at radius 1 is 1.55 bits per heavy atom. The SMILES string of the molecule is COc1cc(N2CCC[C@H](C(=O)O)C2)ccc1[N+](=O)[O-]. The minimum atomic E-state index is -0.802. The maximum absolute atomic E-state index is 11.1. The Morgan fingerprint density at radius 3 is 2.90 bits per heavy atom. The fraction of sp³-hybridized carbons (Fsp3) is 0.462. The van der Waals surface area contributed by atoms with E-state index < -0.39 is 16.8 Å². The third-order valence-electron chi connectivity index (χ3n) is 3.50. The number of anilines is 1. The van der Waals surface area contributed by atoms with Gasteiger partial charge in [-0.2, -0.15) is 0 Å². The maximum Gasteiger partial charge on any atom is 0.311 e. The number of carboxylic acids is 1. The van der Waals surface area contributed by atoms with Gasteiger partial charge in [-0.25, -0.2) is 0 Å². The molecule has 1 heterocycles. The van der Waals surface area contributed by atoms with Crippen LogP contribution in [0.3, 0.4) is 0 Å². The van der Waals surface area contributed by atoms with Crippen LogP contribution in [0.5, 0.6) is 5.75 Å². The molecule has 0 amide bonds. The van der Waals surface area contributed by atoms with Gasteiger partial charge in [-0.1, -0.05) is 0 Å². The summed E-state index contributed by atoms with van der Waals surface area (Å²) in [5, 5.41) is 19.9. The van der Waals surface area contributed by atoms with Gasteiger partial charge in [0, 0.05) is 30.9 Å². The summed E-state index contributed by atoms with van der Waals surface area (Å²) in [6, 6.07) is 4.60. The number of ether oxygens (including phenoxy) is 1. The van der Waals surface area contributed by atoms with Gasteiger partial charge in [-0.15, -0.1) is 0 Å². The zero-order valence-electron chi connectivity index (χ0n) is 11.1. The van der Waals surface area contributed by atoms with Crippen LogP contribution in [0.15, 0.2) is 18.2 Å². The standard InChI is InChI=1S/C13H16N2O5/c1-20-12-7-10(4-5-11(12)15(18)19)14-6-2-3-9(8-14)13(16)17/h4-5,7,9H,2-3,6,8H2,1H3,(H,16,17)/t9-/m0/s1. The summed E-state index contributed by atoms with van der Waals surface area (Å²) < 4.78 is 5.03. The number of nitrogens with zero attached hydrogens (tertiary/aromatic N) is 2. The second-order valence-corrected chi connectivity index (χ2v) is 4.74. The highest BCUT2D eigenvalue weighted by atomic mass is 16.6. The van der Waals surface area contributed by atoms with E-state index in [9.17, 15) is 14.9 Å². The summed E-state index contributed by atoms with van der Waals surface area (Å²) in [5.41, 5.74) is 0.654. The summed E-state index contributed by atoms with van der Waals surface area (Å²) in [7, 11) is 1.38. The van der Waals surface area contributed by atoms with E-state index in [1.807, 2.05) is 4.90 Å². The van der Waals surface area contributed by atoms with Gasteiger partial charge in [0.05, 0.1) is 18.0 Å². The maximum atomic E-state index is 11.1. The van der Waals surface area contributed by atoms with Crippen LogP contribution in [0.2, 0.25) is 0 Å². The van der Waals surface area contributed by atoms with Crippen LogP contribution in [0.4, 0.5) is 11.4 Å². The molecule has 108 valence electrons. The van der Waals surface area contributed by atoms with Crippen molar-refractivity contribution in [1.29, 1.82) is 0 Å². The number of nitro benzene ring substituents is 1. The Kier molecular flexibility index (Phi) is 4.07. The molecule has 20 heavy (non-hydrogen) atoms. The monoisotopic (exact) mass is 280 g/mol. The van der Waals surface area contributed by atoms with Gasteiger partial charge in [0.25, 0.3) is 0 Å². The van der Waals surface area contributed by atoms with E-state index in [1.165, 1.54) is 13.2 Å². The van der Waals surface area contributed by atoms with Crippen LogP contribution in [0.1, 0.15) is 12.8 Å². The van der Waals surface area contributed by atoms with Crippen LogP contribution < -0.4 is 9.64 Å². The van der Waals surface area contributed by atoms with E-state index in [1.54, 1.807) is 12.1 Å². The summed E-state index contributed by atoms with van der Waals surface area (Å²) >= 11 is 0. The molecule has 1 aromatic carbocycles. The van der Waals surface area contributed by atoms with Gasteiger partial charge < -0.3 is 14.7 Å². The second-order valence-electron chi connectivity index (χ2n) is 4.74. The molecule has 0 radical (unpaired) electrons. The highest BCUT2D eigenvalue weighted by molar-refractivity contribution is 5.71. The largest absolute Gasteiger partial charge is 0.490 e. The topological polar surface area (TPSA) is 92.9 Å². The number of hydrogen-bond acceptors (Lipinski definition) is 5. The molecule has 0 unspecified atom stereocenters. The van der Waals surface area contributed by atoms with E-state index in [2.05, 4.69) is 0 Å². The summed E-state index contributed by atoms with van der Waals surface area (Å²) in [5.74, 6) is -1.02. The molecule has 0 aliphatic carbocycles. The minimum absolute atomic E-state index is 0.0944. The van der Waals surface area contributed by atoms with E-state index in [0.29, 0.717) is 13.0 Å². The van der Waals surface area contributed by atoms with Crippen LogP contribution in [0, 0.1) is 16.0 Å². The molecule has 7 nitrogen and oxygen atoms in total. The first-order chi connectivity index (χ1) is 9.52. The number of hydrogen-bond donors (Lipinski definition) is 1. The van der Waals surface area contributed by atoms with Crippen molar-refractivity contribution < 1.29 is 19.6 Å². The molecule has 2 rings (SSSR count). The van der Waals surface area contributed by atoms with E-state index in [4.69, 9.17) is 9.84 Å². The van der Waals surface area contributed by atoms with Crippen LogP contribution >= 0.6 is 0 Å². The lowest BCUT2D eigenvalue weighted by Gasteiger charge is -2.32. The van der Waals surface area contributed by atoms with Crippen molar-refractivity contribution in [3.8, 4) is 5.75 Å².